The first-order valence-electron chi connectivity index (χ1n) is 6.68. The summed E-state index contributed by atoms with van der Waals surface area (Å²) >= 11 is 0. The van der Waals surface area contributed by atoms with E-state index in [1.54, 1.807) is 0 Å². The van der Waals surface area contributed by atoms with Crippen LogP contribution in [0.2, 0.25) is 0 Å². The number of hydrogen-bond acceptors (Lipinski definition) is 2. The zero-order chi connectivity index (χ0) is 13.2. The van der Waals surface area contributed by atoms with E-state index < -0.39 is 0 Å². The van der Waals surface area contributed by atoms with Gasteiger partial charge in [0.1, 0.15) is 0 Å². The molecule has 0 bridgehead atoms. The smallest absolute Gasteiger partial charge is 0.188 e. The number of guanidine groups is 1. The van der Waals surface area contributed by atoms with Crippen LogP contribution in [0.15, 0.2) is 23.2 Å². The Morgan fingerprint density at radius 1 is 1.33 bits per heavy atom. The highest BCUT2D eigenvalue weighted by Crippen LogP contribution is 1.99. The van der Waals surface area contributed by atoms with E-state index in [9.17, 15) is 0 Å². The second-order valence-electron chi connectivity index (χ2n) is 4.46. The monoisotopic (exact) mass is 248 g/mol. The number of aryl methyl sites for hydroxylation is 1. The molecule has 0 aromatic carbocycles. The first-order chi connectivity index (χ1) is 8.72. The maximum atomic E-state index is 5.79. The van der Waals surface area contributed by atoms with Gasteiger partial charge in [-0.25, -0.2) is 4.99 Å². The lowest BCUT2D eigenvalue weighted by Crippen LogP contribution is -2.32. The highest BCUT2D eigenvalue weighted by Gasteiger charge is 1.95. The van der Waals surface area contributed by atoms with Crippen LogP contribution in [0.4, 0.5) is 0 Å². The lowest BCUT2D eigenvalue weighted by molar-refractivity contribution is 0.652. The van der Waals surface area contributed by atoms with Gasteiger partial charge in [-0.2, -0.15) is 0 Å². The molecular formula is C14H24N4. The van der Waals surface area contributed by atoms with Gasteiger partial charge in [0.25, 0.3) is 0 Å². The Labute approximate surface area is 110 Å². The van der Waals surface area contributed by atoms with Crippen LogP contribution < -0.4 is 11.1 Å². The predicted octanol–water partition coefficient (Wildman–Crippen LogP) is 2.37. The first kappa shape index (κ1) is 14.5. The van der Waals surface area contributed by atoms with Crippen molar-refractivity contribution in [1.29, 1.82) is 0 Å². The highest BCUT2D eigenvalue weighted by atomic mass is 15.1. The molecule has 1 heterocycles. The SMILES string of the molecule is CCCCCCNC(N)=NCc1cccc(C)n1. The van der Waals surface area contributed by atoms with Gasteiger partial charge >= 0.3 is 0 Å². The molecule has 0 amide bonds. The van der Waals surface area contributed by atoms with Gasteiger partial charge in [0.15, 0.2) is 5.96 Å². The summed E-state index contributed by atoms with van der Waals surface area (Å²) in [4.78, 5) is 8.65. The minimum Gasteiger partial charge on any atom is -0.370 e. The minimum atomic E-state index is 0.509. The minimum absolute atomic E-state index is 0.509. The zero-order valence-corrected chi connectivity index (χ0v) is 11.4. The molecule has 100 valence electrons. The van der Waals surface area contributed by atoms with Crippen LogP contribution >= 0.6 is 0 Å². The zero-order valence-electron chi connectivity index (χ0n) is 11.4. The van der Waals surface area contributed by atoms with Gasteiger partial charge < -0.3 is 11.1 Å². The summed E-state index contributed by atoms with van der Waals surface area (Å²) in [6.07, 6.45) is 4.93. The van der Waals surface area contributed by atoms with Crippen molar-refractivity contribution < 1.29 is 0 Å². The van der Waals surface area contributed by atoms with Crippen molar-refractivity contribution in [3.05, 3.63) is 29.6 Å². The Morgan fingerprint density at radius 3 is 2.89 bits per heavy atom. The fourth-order valence-corrected chi connectivity index (χ4v) is 1.68. The molecule has 0 aliphatic carbocycles. The predicted molar refractivity (Wildman–Crippen MR) is 76.4 cm³/mol. The summed E-state index contributed by atoms with van der Waals surface area (Å²) in [5, 5.41) is 3.13. The molecule has 0 spiro atoms. The average Bonchev–Trinajstić information content (AvgIpc) is 2.36. The molecule has 18 heavy (non-hydrogen) atoms. The molecular weight excluding hydrogens is 224 g/mol. The third kappa shape index (κ3) is 6.23. The van der Waals surface area contributed by atoms with E-state index in [-0.39, 0.29) is 0 Å². The van der Waals surface area contributed by atoms with Crippen LogP contribution in [0.5, 0.6) is 0 Å². The van der Waals surface area contributed by atoms with E-state index in [2.05, 4.69) is 22.2 Å². The standard InChI is InChI=1S/C14H24N4/c1-3-4-5-6-10-16-14(15)17-11-13-9-7-8-12(2)18-13/h7-9H,3-6,10-11H2,1-2H3,(H3,15,16,17). The number of nitrogens with two attached hydrogens (primary N) is 1. The second kappa shape index (κ2) is 8.50. The van der Waals surface area contributed by atoms with Crippen LogP contribution in [0.3, 0.4) is 0 Å². The van der Waals surface area contributed by atoms with Crippen molar-refractivity contribution in [3.63, 3.8) is 0 Å². The number of unbranched alkanes of at least 4 members (excludes halogenated alkanes) is 3. The average molecular weight is 248 g/mol. The molecule has 1 rings (SSSR count). The lowest BCUT2D eigenvalue weighted by Gasteiger charge is -2.05. The second-order valence-corrected chi connectivity index (χ2v) is 4.46. The van der Waals surface area contributed by atoms with E-state index in [0.717, 1.165) is 24.4 Å². The molecule has 0 saturated carbocycles. The van der Waals surface area contributed by atoms with Crippen molar-refractivity contribution in [2.24, 2.45) is 10.7 Å². The highest BCUT2D eigenvalue weighted by molar-refractivity contribution is 5.77. The van der Waals surface area contributed by atoms with Crippen LogP contribution in [0.25, 0.3) is 0 Å². The number of nitrogens with one attached hydrogen (secondary N) is 1. The van der Waals surface area contributed by atoms with E-state index in [1.807, 2.05) is 25.1 Å². The van der Waals surface area contributed by atoms with Crippen LogP contribution in [0, 0.1) is 6.92 Å². The fraction of sp³-hybridized carbons (Fsp3) is 0.571. The number of rotatable bonds is 7. The summed E-state index contributed by atoms with van der Waals surface area (Å²) in [5.74, 6) is 0.509. The van der Waals surface area contributed by atoms with Gasteiger partial charge in [-0.1, -0.05) is 32.3 Å². The van der Waals surface area contributed by atoms with Crippen molar-refractivity contribution in [2.45, 2.75) is 46.1 Å². The number of pyridine rings is 1. The third-order valence-corrected chi connectivity index (χ3v) is 2.69. The van der Waals surface area contributed by atoms with Gasteiger partial charge in [-0.05, 0) is 25.5 Å². The quantitative estimate of drug-likeness (QED) is 0.442. The van der Waals surface area contributed by atoms with Gasteiger partial charge in [0, 0.05) is 12.2 Å². The molecule has 0 radical (unpaired) electrons. The normalized spacial score (nSPS) is 11.6. The van der Waals surface area contributed by atoms with Crippen molar-refractivity contribution >= 4 is 5.96 Å². The third-order valence-electron chi connectivity index (χ3n) is 2.69. The van der Waals surface area contributed by atoms with Crippen LogP contribution in [-0.2, 0) is 6.54 Å². The summed E-state index contributed by atoms with van der Waals surface area (Å²) < 4.78 is 0. The molecule has 0 aliphatic rings. The van der Waals surface area contributed by atoms with Crippen molar-refractivity contribution in [1.82, 2.24) is 10.3 Å². The summed E-state index contributed by atoms with van der Waals surface area (Å²) in [6, 6.07) is 5.93. The molecule has 4 heteroatoms. The Kier molecular flexibility index (Phi) is 6.84. The number of aromatic nitrogens is 1. The summed E-state index contributed by atoms with van der Waals surface area (Å²) in [5.41, 5.74) is 7.74. The summed E-state index contributed by atoms with van der Waals surface area (Å²) in [7, 11) is 0. The van der Waals surface area contributed by atoms with E-state index in [4.69, 9.17) is 5.73 Å². The molecule has 3 N–H and O–H groups in total. The lowest BCUT2D eigenvalue weighted by atomic mass is 10.2. The molecule has 0 atom stereocenters. The van der Waals surface area contributed by atoms with Gasteiger partial charge in [0.2, 0.25) is 0 Å². The Morgan fingerprint density at radius 2 is 2.17 bits per heavy atom. The largest absolute Gasteiger partial charge is 0.370 e. The molecule has 0 saturated heterocycles. The molecule has 0 aliphatic heterocycles. The maximum absolute atomic E-state index is 5.79. The van der Waals surface area contributed by atoms with E-state index in [1.165, 1.54) is 19.3 Å². The van der Waals surface area contributed by atoms with E-state index >= 15 is 0 Å². The fourth-order valence-electron chi connectivity index (χ4n) is 1.68. The van der Waals surface area contributed by atoms with Gasteiger partial charge in [-0.3, -0.25) is 4.98 Å². The Bertz CT molecular complexity index is 374. The van der Waals surface area contributed by atoms with Crippen LogP contribution in [0.1, 0.15) is 44.0 Å². The summed E-state index contributed by atoms with van der Waals surface area (Å²) in [6.45, 7) is 5.62. The number of nitrogens with zero attached hydrogens (tertiary/aromatic N) is 2. The van der Waals surface area contributed by atoms with Crippen molar-refractivity contribution in [3.8, 4) is 0 Å². The Hall–Kier alpha value is -1.58. The topological polar surface area (TPSA) is 63.3 Å². The van der Waals surface area contributed by atoms with E-state index in [0.29, 0.717) is 12.5 Å². The molecule has 0 unspecified atom stereocenters. The maximum Gasteiger partial charge on any atom is 0.188 e. The first-order valence-corrected chi connectivity index (χ1v) is 6.68. The van der Waals surface area contributed by atoms with Gasteiger partial charge in [0.05, 0.1) is 12.2 Å². The van der Waals surface area contributed by atoms with Crippen molar-refractivity contribution in [2.75, 3.05) is 6.54 Å². The Balaban J connectivity index is 2.25. The number of hydrogen-bond donors (Lipinski definition) is 2. The molecule has 0 fully saturated rings. The molecule has 1 aromatic heterocycles. The van der Waals surface area contributed by atoms with Gasteiger partial charge in [-0.15, -0.1) is 0 Å². The molecule has 1 aromatic rings. The number of aliphatic imine (C=N–C) groups is 1. The molecule has 4 nitrogen and oxygen atoms in total. The van der Waals surface area contributed by atoms with Crippen LogP contribution in [-0.4, -0.2) is 17.5 Å².